The van der Waals surface area contributed by atoms with Gasteiger partial charge in [0.05, 0.1) is 12.2 Å². The van der Waals surface area contributed by atoms with Gasteiger partial charge in [-0.2, -0.15) is 0 Å². The average Bonchev–Trinajstić information content (AvgIpc) is 2.84. The molecule has 0 radical (unpaired) electrons. The fourth-order valence-corrected chi connectivity index (χ4v) is 2.25. The minimum absolute atomic E-state index is 0.264. The maximum atomic E-state index is 9.84. The number of nitrogens with one attached hydrogen (secondary N) is 1. The zero-order valence-corrected chi connectivity index (χ0v) is 11.3. The summed E-state index contributed by atoms with van der Waals surface area (Å²) >= 11 is 0. The number of hydrogen-bond acceptors (Lipinski definition) is 4. The monoisotopic (exact) mass is 244 g/mol. The van der Waals surface area contributed by atoms with E-state index in [1.807, 2.05) is 0 Å². The molecule has 1 rings (SSSR count). The van der Waals surface area contributed by atoms with E-state index in [0.29, 0.717) is 12.6 Å². The van der Waals surface area contributed by atoms with E-state index in [9.17, 15) is 5.11 Å². The summed E-state index contributed by atoms with van der Waals surface area (Å²) in [4.78, 5) is 2.24. The van der Waals surface area contributed by atoms with E-state index in [0.717, 1.165) is 39.2 Å². The summed E-state index contributed by atoms with van der Waals surface area (Å²) in [5.74, 6) is 0. The fourth-order valence-electron chi connectivity index (χ4n) is 2.25. The molecule has 0 bridgehead atoms. The number of aliphatic hydroxyl groups is 1. The molecule has 0 aromatic rings. The van der Waals surface area contributed by atoms with Crippen LogP contribution in [0.5, 0.6) is 0 Å². The Morgan fingerprint density at radius 3 is 2.76 bits per heavy atom. The molecule has 1 heterocycles. The maximum absolute atomic E-state index is 9.84. The molecule has 2 unspecified atom stereocenters. The van der Waals surface area contributed by atoms with E-state index >= 15 is 0 Å². The molecule has 0 amide bonds. The summed E-state index contributed by atoms with van der Waals surface area (Å²) in [6, 6.07) is 0. The van der Waals surface area contributed by atoms with Gasteiger partial charge in [0.1, 0.15) is 0 Å². The van der Waals surface area contributed by atoms with Crippen molar-refractivity contribution in [2.45, 2.75) is 45.3 Å². The van der Waals surface area contributed by atoms with E-state index in [4.69, 9.17) is 4.74 Å². The van der Waals surface area contributed by atoms with Crippen molar-refractivity contribution in [1.82, 2.24) is 10.2 Å². The second kappa shape index (κ2) is 8.86. The molecule has 0 aromatic carbocycles. The van der Waals surface area contributed by atoms with Crippen LogP contribution in [0.1, 0.15) is 33.1 Å². The van der Waals surface area contributed by atoms with Crippen molar-refractivity contribution in [2.75, 3.05) is 39.3 Å². The first-order valence-corrected chi connectivity index (χ1v) is 6.99. The van der Waals surface area contributed by atoms with E-state index in [1.165, 1.54) is 12.8 Å². The highest BCUT2D eigenvalue weighted by Crippen LogP contribution is 2.14. The van der Waals surface area contributed by atoms with Gasteiger partial charge in [-0.05, 0) is 38.9 Å². The van der Waals surface area contributed by atoms with Gasteiger partial charge in [-0.1, -0.05) is 13.8 Å². The van der Waals surface area contributed by atoms with Crippen LogP contribution in [0.15, 0.2) is 0 Å². The lowest BCUT2D eigenvalue weighted by Gasteiger charge is -2.22. The molecule has 0 aliphatic carbocycles. The van der Waals surface area contributed by atoms with Crippen molar-refractivity contribution in [2.24, 2.45) is 0 Å². The molecule has 1 saturated heterocycles. The number of aliphatic hydroxyl groups excluding tert-OH is 1. The van der Waals surface area contributed by atoms with Gasteiger partial charge in [0.2, 0.25) is 0 Å². The second-order valence-electron chi connectivity index (χ2n) is 4.77. The van der Waals surface area contributed by atoms with Gasteiger partial charge in [0.25, 0.3) is 0 Å². The normalized spacial score (nSPS) is 22.2. The molecule has 2 atom stereocenters. The Balaban J connectivity index is 1.97. The zero-order valence-electron chi connectivity index (χ0n) is 11.3. The van der Waals surface area contributed by atoms with Crippen LogP contribution in [0.25, 0.3) is 0 Å². The van der Waals surface area contributed by atoms with Crippen LogP contribution in [0.2, 0.25) is 0 Å². The largest absolute Gasteiger partial charge is 0.390 e. The molecule has 0 spiro atoms. The predicted molar refractivity (Wildman–Crippen MR) is 70.3 cm³/mol. The first-order chi connectivity index (χ1) is 8.26. The smallest absolute Gasteiger partial charge is 0.0791 e. The summed E-state index contributed by atoms with van der Waals surface area (Å²) in [5.41, 5.74) is 0. The van der Waals surface area contributed by atoms with E-state index in [1.54, 1.807) is 0 Å². The molecule has 17 heavy (non-hydrogen) atoms. The van der Waals surface area contributed by atoms with Crippen molar-refractivity contribution >= 4 is 0 Å². The third-order valence-electron chi connectivity index (χ3n) is 3.41. The van der Waals surface area contributed by atoms with Gasteiger partial charge in [0.15, 0.2) is 0 Å². The quantitative estimate of drug-likeness (QED) is 0.590. The Hall–Kier alpha value is -0.160. The van der Waals surface area contributed by atoms with Gasteiger partial charge in [-0.25, -0.2) is 0 Å². The lowest BCUT2D eigenvalue weighted by Crippen LogP contribution is -2.38. The minimum atomic E-state index is -0.264. The van der Waals surface area contributed by atoms with Gasteiger partial charge < -0.3 is 20.1 Å². The van der Waals surface area contributed by atoms with Crippen molar-refractivity contribution in [1.29, 1.82) is 0 Å². The number of ether oxygens (including phenoxy) is 1. The topological polar surface area (TPSA) is 44.7 Å². The Morgan fingerprint density at radius 2 is 2.18 bits per heavy atom. The van der Waals surface area contributed by atoms with Gasteiger partial charge in [-0.15, -0.1) is 0 Å². The summed E-state index contributed by atoms with van der Waals surface area (Å²) in [7, 11) is 0. The van der Waals surface area contributed by atoms with E-state index in [-0.39, 0.29) is 6.10 Å². The maximum Gasteiger partial charge on any atom is 0.0791 e. The molecular weight excluding hydrogens is 216 g/mol. The summed E-state index contributed by atoms with van der Waals surface area (Å²) in [6.45, 7) is 9.58. The number of rotatable bonds is 9. The average molecular weight is 244 g/mol. The first-order valence-electron chi connectivity index (χ1n) is 6.99. The van der Waals surface area contributed by atoms with Crippen molar-refractivity contribution in [3.05, 3.63) is 0 Å². The molecule has 4 nitrogen and oxygen atoms in total. The van der Waals surface area contributed by atoms with E-state index in [2.05, 4.69) is 24.1 Å². The summed E-state index contributed by atoms with van der Waals surface area (Å²) in [5, 5.41) is 13.1. The molecular formula is C13H28N2O2. The van der Waals surface area contributed by atoms with E-state index < -0.39 is 0 Å². The lowest BCUT2D eigenvalue weighted by atomic mass is 10.2. The van der Waals surface area contributed by atoms with Crippen LogP contribution in [-0.4, -0.2) is 61.5 Å². The zero-order chi connectivity index (χ0) is 12.5. The van der Waals surface area contributed by atoms with Gasteiger partial charge in [0, 0.05) is 19.7 Å². The minimum Gasteiger partial charge on any atom is -0.390 e. The number of likely N-dealkylation sites (N-methyl/N-ethyl adjacent to an activating group) is 1. The highest BCUT2D eigenvalue weighted by molar-refractivity contribution is 4.68. The van der Waals surface area contributed by atoms with Crippen molar-refractivity contribution in [3.63, 3.8) is 0 Å². The number of nitrogens with zero attached hydrogens (tertiary/aromatic N) is 1. The lowest BCUT2D eigenvalue weighted by molar-refractivity contribution is 0.0977. The van der Waals surface area contributed by atoms with Crippen LogP contribution in [0.4, 0.5) is 0 Å². The Kier molecular flexibility index (Phi) is 7.77. The van der Waals surface area contributed by atoms with Crippen LogP contribution >= 0.6 is 0 Å². The molecule has 1 aliphatic rings. The molecule has 1 aliphatic heterocycles. The highest BCUT2D eigenvalue weighted by atomic mass is 16.5. The predicted octanol–water partition coefficient (Wildman–Crippen LogP) is 0.848. The first kappa shape index (κ1) is 14.9. The van der Waals surface area contributed by atoms with Gasteiger partial charge in [-0.3, -0.25) is 0 Å². The SMILES string of the molecule is CCN(CC)CC(O)CNCCC1CCCO1. The molecule has 2 N–H and O–H groups in total. The van der Waals surface area contributed by atoms with Crippen LogP contribution in [0, 0.1) is 0 Å². The summed E-state index contributed by atoms with van der Waals surface area (Å²) in [6.07, 6.45) is 3.65. The fraction of sp³-hybridized carbons (Fsp3) is 1.00. The standard InChI is InChI=1S/C13H28N2O2/c1-3-15(4-2)11-12(16)10-14-8-7-13-6-5-9-17-13/h12-14,16H,3-11H2,1-2H3. The van der Waals surface area contributed by atoms with Crippen LogP contribution < -0.4 is 5.32 Å². The molecule has 1 fully saturated rings. The summed E-state index contributed by atoms with van der Waals surface area (Å²) < 4.78 is 5.55. The van der Waals surface area contributed by atoms with Crippen LogP contribution in [0.3, 0.4) is 0 Å². The second-order valence-corrected chi connectivity index (χ2v) is 4.77. The Bertz CT molecular complexity index is 180. The third kappa shape index (κ3) is 6.36. The molecule has 0 aromatic heterocycles. The third-order valence-corrected chi connectivity index (χ3v) is 3.41. The van der Waals surface area contributed by atoms with Crippen molar-refractivity contribution in [3.8, 4) is 0 Å². The molecule has 4 heteroatoms. The Labute approximate surface area is 105 Å². The molecule has 102 valence electrons. The Morgan fingerprint density at radius 1 is 1.41 bits per heavy atom. The van der Waals surface area contributed by atoms with Crippen LogP contribution in [-0.2, 0) is 4.74 Å². The number of hydrogen-bond donors (Lipinski definition) is 2. The van der Waals surface area contributed by atoms with Crippen molar-refractivity contribution < 1.29 is 9.84 Å². The molecule has 0 saturated carbocycles. The van der Waals surface area contributed by atoms with Gasteiger partial charge >= 0.3 is 0 Å². The highest BCUT2D eigenvalue weighted by Gasteiger charge is 2.15.